The number of benzene rings is 1. The molecule has 10 heteroatoms. The Morgan fingerprint density at radius 1 is 0.974 bits per heavy atom. The monoisotopic (exact) mass is 567 g/mol. The number of nitrogens with one attached hydrogen (secondary N) is 1. The Labute approximate surface area is 234 Å². The van der Waals surface area contributed by atoms with Crippen LogP contribution in [0.4, 0.5) is 4.79 Å². The van der Waals surface area contributed by atoms with Crippen molar-refractivity contribution in [3.63, 3.8) is 0 Å². The molecule has 0 saturated carbocycles. The van der Waals surface area contributed by atoms with Gasteiger partial charge in [-0.15, -0.1) is 0 Å². The van der Waals surface area contributed by atoms with E-state index in [0.717, 1.165) is 31.2 Å². The van der Waals surface area contributed by atoms with Crippen LogP contribution in [0.25, 0.3) is 0 Å². The second kappa shape index (κ2) is 18.8. The molecule has 1 N–H and O–H groups in total. The van der Waals surface area contributed by atoms with Crippen LogP contribution in [0.2, 0.25) is 0 Å². The highest BCUT2D eigenvalue weighted by Gasteiger charge is 2.18. The summed E-state index contributed by atoms with van der Waals surface area (Å²) in [7, 11) is 5.01. The number of ether oxygens (including phenoxy) is 4. The molecule has 2 atom stereocenters. The fraction of sp³-hybridized carbons (Fsp3) is 0.607. The molecule has 0 fully saturated rings. The molecule has 0 aliphatic carbocycles. The molecule has 1 heterocycles. The summed E-state index contributed by atoms with van der Waals surface area (Å²) < 4.78 is 20.8. The Hall–Kier alpha value is -2.33. The Morgan fingerprint density at radius 3 is 2.47 bits per heavy atom. The lowest BCUT2D eigenvalue weighted by Gasteiger charge is -2.15. The van der Waals surface area contributed by atoms with Gasteiger partial charge in [0.05, 0.1) is 7.11 Å². The van der Waals surface area contributed by atoms with Crippen molar-refractivity contribution in [2.24, 2.45) is 0 Å². The van der Waals surface area contributed by atoms with E-state index >= 15 is 0 Å². The molecule has 1 aromatic carbocycles. The molecular weight excluding hydrogens is 526 g/mol. The van der Waals surface area contributed by atoms with E-state index in [4.69, 9.17) is 18.9 Å². The minimum Gasteiger partial charge on any atom is -0.493 e. The van der Waals surface area contributed by atoms with Crippen LogP contribution in [0.15, 0.2) is 29.7 Å². The van der Waals surface area contributed by atoms with Crippen LogP contribution in [0.3, 0.4) is 0 Å². The van der Waals surface area contributed by atoms with Crippen molar-refractivity contribution < 1.29 is 33.3 Å². The van der Waals surface area contributed by atoms with Crippen molar-refractivity contribution in [2.45, 2.75) is 103 Å². The summed E-state index contributed by atoms with van der Waals surface area (Å²) in [5.74, 6) is 0.0730. The second-order valence-corrected chi connectivity index (χ2v) is 11.5. The maximum Gasteiger partial charge on any atom is 0.517 e. The molecule has 0 saturated heterocycles. The van der Waals surface area contributed by atoms with Crippen molar-refractivity contribution in [2.75, 3.05) is 7.11 Å². The van der Waals surface area contributed by atoms with Crippen molar-refractivity contribution in [1.29, 1.82) is 0 Å². The van der Waals surface area contributed by atoms with E-state index in [1.807, 2.05) is 10.8 Å². The number of hydrogen-bond donors (Lipinski definition) is 1. The quantitative estimate of drug-likeness (QED) is 0.0643. The van der Waals surface area contributed by atoms with Gasteiger partial charge in [0, 0.05) is 31.6 Å². The van der Waals surface area contributed by atoms with Crippen molar-refractivity contribution in [3.05, 3.63) is 35.2 Å². The number of unbranched alkanes of at least 4 members (excludes halogenated alkanes) is 6. The highest BCUT2D eigenvalue weighted by Crippen LogP contribution is 2.37. The average molecular weight is 568 g/mol. The Kier molecular flexibility index (Phi) is 15.8. The highest BCUT2D eigenvalue weighted by atomic mass is 33.1. The van der Waals surface area contributed by atoms with Crippen LogP contribution in [-0.2, 0) is 25.6 Å². The largest absolute Gasteiger partial charge is 0.517 e. The van der Waals surface area contributed by atoms with Gasteiger partial charge in [0.15, 0.2) is 11.5 Å². The third-order valence-electron chi connectivity index (χ3n) is 5.88. The molecule has 1 amide bonds. The molecule has 212 valence electrons. The summed E-state index contributed by atoms with van der Waals surface area (Å²) >= 11 is 0. The van der Waals surface area contributed by atoms with Crippen molar-refractivity contribution in [1.82, 2.24) is 5.32 Å². The van der Waals surface area contributed by atoms with E-state index in [0.29, 0.717) is 30.4 Å². The van der Waals surface area contributed by atoms with Gasteiger partial charge in [-0.2, -0.15) is 0 Å². The molecule has 0 radical (unpaired) electrons. The lowest BCUT2D eigenvalue weighted by Crippen LogP contribution is -2.24. The van der Waals surface area contributed by atoms with Gasteiger partial charge in [-0.1, -0.05) is 79.2 Å². The van der Waals surface area contributed by atoms with Gasteiger partial charge in [-0.25, -0.2) is 4.79 Å². The van der Waals surface area contributed by atoms with Crippen molar-refractivity contribution in [3.8, 4) is 11.5 Å². The van der Waals surface area contributed by atoms with Crippen LogP contribution >= 0.6 is 21.6 Å². The van der Waals surface area contributed by atoms with E-state index in [9.17, 15) is 14.4 Å². The van der Waals surface area contributed by atoms with E-state index in [1.54, 1.807) is 29.0 Å². The number of carbonyl (C=O) groups excluding carboxylic acids is 3. The summed E-state index contributed by atoms with van der Waals surface area (Å²) in [5, 5.41) is 5.50. The van der Waals surface area contributed by atoms with Crippen molar-refractivity contribution >= 4 is 39.6 Å². The zero-order valence-corrected chi connectivity index (χ0v) is 24.3. The Bertz CT molecular complexity index is 909. The predicted molar refractivity (Wildman–Crippen MR) is 152 cm³/mol. The standard InChI is InChI=1S/C28H41NO7S2/c1-4-5-6-7-8-9-13-26(30)29-20-22-15-16-24(25(19-22)33-3)36-28(32)35-21(2)34-27(31)14-11-10-12-23-17-18-37-38-23/h15-19,21,23H,4-14,20H2,1-3H3,(H,29,30)/t21?,23-/m1/s1. The van der Waals surface area contributed by atoms with E-state index in [1.165, 1.54) is 39.7 Å². The zero-order valence-electron chi connectivity index (χ0n) is 22.7. The second-order valence-electron chi connectivity index (χ2n) is 9.11. The number of rotatable bonds is 18. The third-order valence-corrected chi connectivity index (χ3v) is 8.30. The molecule has 0 bridgehead atoms. The summed E-state index contributed by atoms with van der Waals surface area (Å²) in [6.07, 6.45) is 10.3. The van der Waals surface area contributed by atoms with E-state index in [-0.39, 0.29) is 18.1 Å². The van der Waals surface area contributed by atoms with Gasteiger partial charge < -0.3 is 24.3 Å². The molecule has 38 heavy (non-hydrogen) atoms. The van der Waals surface area contributed by atoms with Crippen LogP contribution in [0.1, 0.15) is 90.0 Å². The molecule has 0 aromatic heterocycles. The fourth-order valence-electron chi connectivity index (χ4n) is 3.79. The van der Waals surface area contributed by atoms with Gasteiger partial charge in [-0.05, 0) is 42.4 Å². The first kappa shape index (κ1) is 31.9. The first-order valence-corrected chi connectivity index (χ1v) is 15.7. The molecule has 1 unspecified atom stereocenters. The SMILES string of the molecule is CCCCCCCCC(=O)NCc1ccc(OC(=O)OC(C)OC(=O)CCCC[C@@H]2C=CSS2)c(OC)c1. The summed E-state index contributed by atoms with van der Waals surface area (Å²) in [6.45, 7) is 3.99. The minimum atomic E-state index is -1.08. The smallest absolute Gasteiger partial charge is 0.493 e. The summed E-state index contributed by atoms with van der Waals surface area (Å²) in [5.41, 5.74) is 0.808. The first-order valence-electron chi connectivity index (χ1n) is 13.4. The third kappa shape index (κ3) is 13.5. The first-order chi connectivity index (χ1) is 18.4. The Balaban J connectivity index is 1.67. The fourth-order valence-corrected chi connectivity index (χ4v) is 6.05. The van der Waals surface area contributed by atoms with E-state index < -0.39 is 18.4 Å². The van der Waals surface area contributed by atoms with Crippen LogP contribution in [0, 0.1) is 0 Å². The van der Waals surface area contributed by atoms with Gasteiger partial charge in [-0.3, -0.25) is 9.59 Å². The van der Waals surface area contributed by atoms with Crippen LogP contribution in [-0.4, -0.2) is 36.7 Å². The minimum absolute atomic E-state index is 0.0102. The average Bonchev–Trinajstić information content (AvgIpc) is 3.41. The normalized spacial score (nSPS) is 15.1. The molecular formula is C28H41NO7S2. The lowest BCUT2D eigenvalue weighted by atomic mass is 10.1. The van der Waals surface area contributed by atoms with Crippen LogP contribution in [0.5, 0.6) is 11.5 Å². The topological polar surface area (TPSA) is 100 Å². The zero-order chi connectivity index (χ0) is 27.6. The molecule has 2 rings (SSSR count). The summed E-state index contributed by atoms with van der Waals surface area (Å²) in [6, 6.07) is 5.00. The van der Waals surface area contributed by atoms with Gasteiger partial charge in [0.1, 0.15) is 0 Å². The number of amides is 1. The van der Waals surface area contributed by atoms with E-state index in [2.05, 4.69) is 23.7 Å². The Morgan fingerprint density at radius 2 is 1.74 bits per heavy atom. The molecule has 8 nitrogen and oxygen atoms in total. The maximum atomic E-state index is 12.2. The number of carbonyl (C=O) groups is 3. The maximum absolute atomic E-state index is 12.2. The van der Waals surface area contributed by atoms with Gasteiger partial charge in [0.2, 0.25) is 12.2 Å². The molecule has 1 aromatic rings. The number of hydrogen-bond acceptors (Lipinski definition) is 9. The van der Waals surface area contributed by atoms with Gasteiger partial charge >= 0.3 is 12.1 Å². The number of esters is 1. The summed E-state index contributed by atoms with van der Waals surface area (Å²) in [4.78, 5) is 36.3. The molecule has 1 aliphatic rings. The predicted octanol–water partition coefficient (Wildman–Crippen LogP) is 7.30. The number of methoxy groups -OCH3 is 1. The molecule has 1 aliphatic heterocycles. The molecule has 0 spiro atoms. The lowest BCUT2D eigenvalue weighted by molar-refractivity contribution is -0.166. The highest BCUT2D eigenvalue weighted by molar-refractivity contribution is 8.78. The van der Waals surface area contributed by atoms with Crippen LogP contribution < -0.4 is 14.8 Å². The van der Waals surface area contributed by atoms with Gasteiger partial charge in [0.25, 0.3) is 0 Å².